The van der Waals surface area contributed by atoms with E-state index in [-0.39, 0.29) is 11.9 Å². The van der Waals surface area contributed by atoms with Crippen molar-refractivity contribution in [1.29, 1.82) is 0 Å². The lowest BCUT2D eigenvalue weighted by molar-refractivity contribution is 0.0526. The monoisotopic (exact) mass is 380 g/mol. The van der Waals surface area contributed by atoms with Crippen molar-refractivity contribution in [3.8, 4) is 0 Å². The number of piperidine rings is 1. The molecule has 0 bridgehead atoms. The van der Waals surface area contributed by atoms with Crippen LogP contribution in [0.15, 0.2) is 48.5 Å². The van der Waals surface area contributed by atoms with E-state index in [0.717, 1.165) is 25.6 Å². The van der Waals surface area contributed by atoms with Gasteiger partial charge < -0.3 is 10.1 Å². The Morgan fingerprint density at radius 2 is 1.75 bits per heavy atom. The van der Waals surface area contributed by atoms with Gasteiger partial charge in [-0.25, -0.2) is 4.79 Å². The number of hydrogen-bond acceptors (Lipinski definition) is 4. The standard InChI is InChI=1S/C23H28N2O3/c1-3-28-23(27)20-10-12-21(13-11-20)24-22(26)19-8-6-18(7-9-19)16-25-14-4-5-17(2)15-25/h6-13,17H,3-5,14-16H2,1-2H3,(H,24,26)/t17-/m0/s1. The summed E-state index contributed by atoms with van der Waals surface area (Å²) in [6, 6.07) is 14.5. The summed E-state index contributed by atoms with van der Waals surface area (Å²) >= 11 is 0. The first-order chi connectivity index (χ1) is 13.5. The van der Waals surface area contributed by atoms with Crippen LogP contribution in [0.25, 0.3) is 0 Å². The highest BCUT2D eigenvalue weighted by atomic mass is 16.5. The molecule has 0 spiro atoms. The summed E-state index contributed by atoms with van der Waals surface area (Å²) in [6.45, 7) is 7.63. The zero-order valence-corrected chi connectivity index (χ0v) is 16.6. The van der Waals surface area contributed by atoms with Crippen LogP contribution in [0.5, 0.6) is 0 Å². The summed E-state index contributed by atoms with van der Waals surface area (Å²) in [7, 11) is 0. The van der Waals surface area contributed by atoms with Gasteiger partial charge in [-0.1, -0.05) is 19.1 Å². The first-order valence-corrected chi connectivity index (χ1v) is 9.95. The maximum atomic E-state index is 12.5. The van der Waals surface area contributed by atoms with E-state index in [9.17, 15) is 9.59 Å². The first-order valence-electron chi connectivity index (χ1n) is 9.95. The number of ether oxygens (including phenoxy) is 1. The molecule has 2 aromatic rings. The molecule has 28 heavy (non-hydrogen) atoms. The Morgan fingerprint density at radius 1 is 1.07 bits per heavy atom. The highest BCUT2D eigenvalue weighted by molar-refractivity contribution is 6.04. The van der Waals surface area contributed by atoms with E-state index in [2.05, 4.69) is 17.1 Å². The molecular formula is C23H28N2O3. The van der Waals surface area contributed by atoms with Crippen LogP contribution in [0.2, 0.25) is 0 Å². The summed E-state index contributed by atoms with van der Waals surface area (Å²) in [4.78, 5) is 26.6. The Kier molecular flexibility index (Phi) is 6.82. The molecule has 0 radical (unpaired) electrons. The summed E-state index contributed by atoms with van der Waals surface area (Å²) in [5.41, 5.74) is 2.95. The van der Waals surface area contributed by atoms with Gasteiger partial charge in [0.15, 0.2) is 0 Å². The van der Waals surface area contributed by atoms with Gasteiger partial charge in [0.25, 0.3) is 5.91 Å². The van der Waals surface area contributed by atoms with Crippen LogP contribution in [-0.2, 0) is 11.3 Å². The van der Waals surface area contributed by atoms with Crippen LogP contribution in [0.3, 0.4) is 0 Å². The number of esters is 1. The zero-order chi connectivity index (χ0) is 19.9. The van der Waals surface area contributed by atoms with Crippen LogP contribution in [-0.4, -0.2) is 36.5 Å². The fraction of sp³-hybridized carbons (Fsp3) is 0.391. The third kappa shape index (κ3) is 5.42. The highest BCUT2D eigenvalue weighted by Gasteiger charge is 2.16. The topological polar surface area (TPSA) is 58.6 Å². The number of hydrogen-bond donors (Lipinski definition) is 1. The highest BCUT2D eigenvalue weighted by Crippen LogP contribution is 2.18. The minimum absolute atomic E-state index is 0.165. The first kappa shape index (κ1) is 20.1. The lowest BCUT2D eigenvalue weighted by Gasteiger charge is -2.30. The molecule has 0 aromatic heterocycles. The van der Waals surface area contributed by atoms with Gasteiger partial charge in [-0.15, -0.1) is 0 Å². The van der Waals surface area contributed by atoms with Gasteiger partial charge in [-0.2, -0.15) is 0 Å². The predicted octanol–water partition coefficient (Wildman–Crippen LogP) is 4.35. The fourth-order valence-electron chi connectivity index (χ4n) is 3.56. The Labute approximate surface area is 166 Å². The maximum Gasteiger partial charge on any atom is 0.338 e. The molecule has 1 aliphatic heterocycles. The predicted molar refractivity (Wildman–Crippen MR) is 110 cm³/mol. The summed E-state index contributed by atoms with van der Waals surface area (Å²) < 4.78 is 4.96. The number of likely N-dealkylation sites (tertiary alicyclic amines) is 1. The average Bonchev–Trinajstić information content (AvgIpc) is 2.69. The number of rotatable bonds is 6. The van der Waals surface area contributed by atoms with Crippen LogP contribution in [0, 0.1) is 5.92 Å². The van der Waals surface area contributed by atoms with Crippen molar-refractivity contribution >= 4 is 17.6 Å². The van der Waals surface area contributed by atoms with Crippen LogP contribution < -0.4 is 5.32 Å². The maximum absolute atomic E-state index is 12.5. The average molecular weight is 380 g/mol. The van der Waals surface area contributed by atoms with Crippen molar-refractivity contribution in [3.63, 3.8) is 0 Å². The second kappa shape index (κ2) is 9.51. The van der Waals surface area contributed by atoms with E-state index in [1.165, 1.54) is 18.4 Å². The van der Waals surface area contributed by atoms with Gasteiger partial charge in [0, 0.05) is 24.3 Å². The second-order valence-corrected chi connectivity index (χ2v) is 7.43. The van der Waals surface area contributed by atoms with Crippen molar-refractivity contribution in [2.24, 2.45) is 5.92 Å². The largest absolute Gasteiger partial charge is 0.462 e. The number of nitrogens with zero attached hydrogens (tertiary/aromatic N) is 1. The summed E-state index contributed by atoms with van der Waals surface area (Å²) in [5, 5.41) is 2.86. The molecule has 1 fully saturated rings. The van der Waals surface area contributed by atoms with Crippen molar-refractivity contribution in [2.75, 3.05) is 25.0 Å². The Bertz CT molecular complexity index is 800. The smallest absolute Gasteiger partial charge is 0.338 e. The number of benzene rings is 2. The Balaban J connectivity index is 1.56. The van der Waals surface area contributed by atoms with Gasteiger partial charge >= 0.3 is 5.97 Å². The molecule has 3 rings (SSSR count). The van der Waals surface area contributed by atoms with Gasteiger partial charge in [0.1, 0.15) is 0 Å². The molecule has 1 saturated heterocycles. The van der Waals surface area contributed by atoms with Gasteiger partial charge in [-0.05, 0) is 74.2 Å². The molecule has 5 nitrogen and oxygen atoms in total. The Morgan fingerprint density at radius 3 is 2.39 bits per heavy atom. The molecule has 148 valence electrons. The van der Waals surface area contributed by atoms with Crippen LogP contribution in [0.4, 0.5) is 5.69 Å². The quantitative estimate of drug-likeness (QED) is 0.757. The summed E-state index contributed by atoms with van der Waals surface area (Å²) in [6.07, 6.45) is 2.58. The number of nitrogens with one attached hydrogen (secondary N) is 1. The molecule has 1 amide bonds. The SMILES string of the molecule is CCOC(=O)c1ccc(NC(=O)c2ccc(CN3CCC[C@H](C)C3)cc2)cc1. The third-order valence-electron chi connectivity index (χ3n) is 5.02. The van der Waals surface area contributed by atoms with E-state index in [4.69, 9.17) is 4.74 Å². The lowest BCUT2D eigenvalue weighted by Crippen LogP contribution is -2.33. The number of anilines is 1. The van der Waals surface area contributed by atoms with Crippen molar-refractivity contribution < 1.29 is 14.3 Å². The Hall–Kier alpha value is -2.66. The minimum Gasteiger partial charge on any atom is -0.462 e. The molecule has 1 N–H and O–H groups in total. The van der Waals surface area contributed by atoms with E-state index in [1.54, 1.807) is 31.2 Å². The van der Waals surface area contributed by atoms with Crippen molar-refractivity contribution in [3.05, 3.63) is 65.2 Å². The van der Waals surface area contributed by atoms with E-state index >= 15 is 0 Å². The summed E-state index contributed by atoms with van der Waals surface area (Å²) in [5.74, 6) is 0.232. The number of carbonyl (C=O) groups excluding carboxylic acids is 2. The molecule has 5 heteroatoms. The van der Waals surface area contributed by atoms with Crippen LogP contribution in [0.1, 0.15) is 53.0 Å². The van der Waals surface area contributed by atoms with E-state index in [0.29, 0.717) is 23.4 Å². The zero-order valence-electron chi connectivity index (χ0n) is 16.6. The molecule has 1 aliphatic rings. The normalized spacial score (nSPS) is 17.1. The molecular weight excluding hydrogens is 352 g/mol. The van der Waals surface area contributed by atoms with Gasteiger partial charge in [0.2, 0.25) is 0 Å². The minimum atomic E-state index is -0.362. The number of carbonyl (C=O) groups is 2. The molecule has 0 unspecified atom stereocenters. The number of amides is 1. The molecule has 1 atom stereocenters. The van der Waals surface area contributed by atoms with Crippen molar-refractivity contribution in [2.45, 2.75) is 33.2 Å². The molecule has 2 aromatic carbocycles. The second-order valence-electron chi connectivity index (χ2n) is 7.43. The fourth-order valence-corrected chi connectivity index (χ4v) is 3.56. The van der Waals surface area contributed by atoms with Gasteiger partial charge in [-0.3, -0.25) is 9.69 Å². The van der Waals surface area contributed by atoms with E-state index < -0.39 is 0 Å². The van der Waals surface area contributed by atoms with E-state index in [1.807, 2.05) is 24.3 Å². The third-order valence-corrected chi connectivity index (χ3v) is 5.02. The lowest BCUT2D eigenvalue weighted by atomic mass is 9.99. The van der Waals surface area contributed by atoms with Crippen molar-refractivity contribution in [1.82, 2.24) is 4.90 Å². The van der Waals surface area contributed by atoms with Crippen LogP contribution >= 0.6 is 0 Å². The molecule has 0 aliphatic carbocycles. The van der Waals surface area contributed by atoms with Gasteiger partial charge in [0.05, 0.1) is 12.2 Å². The molecule has 0 saturated carbocycles. The molecule has 1 heterocycles.